The number of benzene rings is 1. The number of rotatable bonds is 5. The first-order valence-electron chi connectivity index (χ1n) is 10.2. The number of amides is 1. The molecule has 0 atom stereocenters. The molecule has 1 aromatic heterocycles. The number of hydrogen-bond acceptors (Lipinski definition) is 5. The maximum Gasteiger partial charge on any atom is 0.269 e. The fourth-order valence-electron chi connectivity index (χ4n) is 4.07. The molecule has 4 rings (SSSR count). The van der Waals surface area contributed by atoms with Crippen LogP contribution in [0, 0.1) is 5.82 Å². The van der Waals surface area contributed by atoms with E-state index in [0.717, 1.165) is 44.5 Å². The van der Waals surface area contributed by atoms with Gasteiger partial charge in [0.05, 0.1) is 17.6 Å². The van der Waals surface area contributed by atoms with Gasteiger partial charge >= 0.3 is 0 Å². The van der Waals surface area contributed by atoms with Gasteiger partial charge in [0.15, 0.2) is 0 Å². The minimum atomic E-state index is -0.265. The fourth-order valence-corrected chi connectivity index (χ4v) is 4.07. The Morgan fingerprint density at radius 3 is 2.52 bits per heavy atom. The van der Waals surface area contributed by atoms with Gasteiger partial charge in [0, 0.05) is 38.3 Å². The maximum atomic E-state index is 13.9. The van der Waals surface area contributed by atoms with Crippen molar-refractivity contribution < 1.29 is 9.18 Å². The number of carbonyl (C=O) groups excluding carboxylic acids is 1. The molecule has 1 amide bonds. The number of piperidine rings is 1. The van der Waals surface area contributed by atoms with Gasteiger partial charge in [-0.3, -0.25) is 9.59 Å². The van der Waals surface area contributed by atoms with E-state index in [1.165, 1.54) is 10.7 Å². The molecule has 0 aliphatic carbocycles. The number of anilines is 2. The summed E-state index contributed by atoms with van der Waals surface area (Å²) in [7, 11) is 0. The molecule has 154 valence electrons. The lowest BCUT2D eigenvalue weighted by Crippen LogP contribution is -2.46. The molecule has 2 saturated heterocycles. The van der Waals surface area contributed by atoms with Gasteiger partial charge in [-0.2, -0.15) is 5.10 Å². The first-order valence-corrected chi connectivity index (χ1v) is 10.2. The maximum absolute atomic E-state index is 13.9. The number of aromatic nitrogens is 2. The zero-order chi connectivity index (χ0) is 20.2. The van der Waals surface area contributed by atoms with Crippen LogP contribution in [0.5, 0.6) is 0 Å². The summed E-state index contributed by atoms with van der Waals surface area (Å²) in [6.45, 7) is 3.14. The number of halogens is 1. The third-order valence-corrected chi connectivity index (χ3v) is 5.67. The van der Waals surface area contributed by atoms with Crippen molar-refractivity contribution in [3.8, 4) is 0 Å². The lowest BCUT2D eigenvalue weighted by Gasteiger charge is -2.34. The second-order valence-electron chi connectivity index (χ2n) is 7.68. The van der Waals surface area contributed by atoms with Gasteiger partial charge in [0.2, 0.25) is 5.91 Å². The van der Waals surface area contributed by atoms with Crippen LogP contribution < -0.4 is 20.7 Å². The van der Waals surface area contributed by atoms with E-state index in [0.29, 0.717) is 18.8 Å². The highest BCUT2D eigenvalue weighted by Crippen LogP contribution is 2.23. The lowest BCUT2D eigenvalue weighted by molar-refractivity contribution is -0.122. The average molecular weight is 399 g/mol. The van der Waals surface area contributed by atoms with Crippen molar-refractivity contribution in [1.29, 1.82) is 0 Å². The Morgan fingerprint density at radius 1 is 1.10 bits per heavy atom. The van der Waals surface area contributed by atoms with Crippen molar-refractivity contribution in [3.63, 3.8) is 0 Å². The quantitative estimate of drug-likeness (QED) is 0.830. The van der Waals surface area contributed by atoms with E-state index in [1.54, 1.807) is 24.4 Å². The molecule has 29 heavy (non-hydrogen) atoms. The molecule has 0 spiro atoms. The lowest BCUT2D eigenvalue weighted by atomic mass is 10.0. The van der Waals surface area contributed by atoms with Gasteiger partial charge in [-0.05, 0) is 37.8 Å². The van der Waals surface area contributed by atoms with Crippen LogP contribution in [0.3, 0.4) is 0 Å². The number of para-hydroxylation sites is 1. The minimum Gasteiger partial charge on any atom is -0.370 e. The summed E-state index contributed by atoms with van der Waals surface area (Å²) in [5.41, 5.74) is 1.16. The molecule has 0 unspecified atom stereocenters. The van der Waals surface area contributed by atoms with Crippen LogP contribution in [-0.2, 0) is 11.3 Å². The highest BCUT2D eigenvalue weighted by molar-refractivity contribution is 5.76. The van der Waals surface area contributed by atoms with Crippen molar-refractivity contribution >= 4 is 17.3 Å². The van der Waals surface area contributed by atoms with Crippen LogP contribution in [0.15, 0.2) is 41.3 Å². The van der Waals surface area contributed by atoms with E-state index in [1.807, 2.05) is 11.0 Å². The van der Waals surface area contributed by atoms with Crippen molar-refractivity contribution in [3.05, 3.63) is 52.7 Å². The number of hydrogen-bond donors (Lipinski definition) is 1. The molecule has 0 saturated carbocycles. The van der Waals surface area contributed by atoms with E-state index in [-0.39, 0.29) is 29.9 Å². The number of nitrogens with one attached hydrogen (secondary N) is 1. The molecule has 2 aromatic rings. The Labute approximate surface area is 169 Å². The first kappa shape index (κ1) is 19.4. The van der Waals surface area contributed by atoms with Crippen molar-refractivity contribution in [2.24, 2.45) is 0 Å². The molecule has 8 heteroatoms. The third-order valence-electron chi connectivity index (χ3n) is 5.67. The Bertz CT molecular complexity index is 917. The highest BCUT2D eigenvalue weighted by Gasteiger charge is 2.23. The molecule has 1 aromatic carbocycles. The number of carbonyl (C=O) groups is 1. The predicted molar refractivity (Wildman–Crippen MR) is 110 cm³/mol. The van der Waals surface area contributed by atoms with Crippen LogP contribution >= 0.6 is 0 Å². The van der Waals surface area contributed by atoms with Gasteiger partial charge in [-0.1, -0.05) is 12.1 Å². The Hall–Kier alpha value is -2.90. The molecule has 3 heterocycles. The molecular weight excluding hydrogens is 373 g/mol. The van der Waals surface area contributed by atoms with Crippen molar-refractivity contribution in [2.75, 3.05) is 36.0 Å². The Balaban J connectivity index is 1.29. The molecule has 2 fully saturated rings. The van der Waals surface area contributed by atoms with Crippen LogP contribution in [0.1, 0.15) is 25.7 Å². The summed E-state index contributed by atoms with van der Waals surface area (Å²) < 4.78 is 15.1. The second-order valence-corrected chi connectivity index (χ2v) is 7.68. The molecule has 1 N–H and O–H groups in total. The molecular formula is C21H26FN5O2. The van der Waals surface area contributed by atoms with Crippen molar-refractivity contribution in [1.82, 2.24) is 15.1 Å². The Kier molecular flexibility index (Phi) is 5.78. The van der Waals surface area contributed by atoms with Crippen LogP contribution in [0.4, 0.5) is 15.8 Å². The summed E-state index contributed by atoms with van der Waals surface area (Å²) >= 11 is 0. The monoisotopic (exact) mass is 399 g/mol. The topological polar surface area (TPSA) is 70.5 Å². The predicted octanol–water partition coefficient (Wildman–Crippen LogP) is 1.77. The van der Waals surface area contributed by atoms with Crippen LogP contribution in [0.2, 0.25) is 0 Å². The largest absolute Gasteiger partial charge is 0.370 e. The van der Waals surface area contributed by atoms with E-state index in [2.05, 4.69) is 15.3 Å². The molecule has 7 nitrogen and oxygen atoms in total. The summed E-state index contributed by atoms with van der Waals surface area (Å²) in [6, 6.07) is 8.32. The smallest absolute Gasteiger partial charge is 0.269 e. The van der Waals surface area contributed by atoms with Gasteiger partial charge < -0.3 is 15.1 Å². The zero-order valence-electron chi connectivity index (χ0n) is 16.4. The van der Waals surface area contributed by atoms with E-state index in [4.69, 9.17) is 0 Å². The van der Waals surface area contributed by atoms with E-state index >= 15 is 0 Å². The summed E-state index contributed by atoms with van der Waals surface area (Å²) in [4.78, 5) is 28.8. The molecule has 2 aliphatic heterocycles. The summed E-state index contributed by atoms with van der Waals surface area (Å²) in [6.07, 6.45) is 5.38. The fraction of sp³-hybridized carbons (Fsp3) is 0.476. The minimum absolute atomic E-state index is 0.0186. The average Bonchev–Trinajstić information content (AvgIpc) is 3.25. The van der Waals surface area contributed by atoms with Crippen LogP contribution in [0.25, 0.3) is 0 Å². The van der Waals surface area contributed by atoms with E-state index in [9.17, 15) is 14.0 Å². The van der Waals surface area contributed by atoms with Gasteiger partial charge in [0.25, 0.3) is 5.56 Å². The standard InChI is InChI=1S/C21H26FN5O2/c22-18-5-1-2-6-19(18)26-11-7-16(8-12-26)24-20(28)15-27-21(29)13-17(14-23-27)25-9-3-4-10-25/h1-2,5-6,13-14,16H,3-4,7-12,15H2,(H,24,28). The first-order chi connectivity index (χ1) is 14.1. The Morgan fingerprint density at radius 2 is 1.83 bits per heavy atom. The van der Waals surface area contributed by atoms with E-state index < -0.39 is 0 Å². The molecule has 0 bridgehead atoms. The summed E-state index contributed by atoms with van der Waals surface area (Å²) in [5, 5.41) is 7.15. The van der Waals surface area contributed by atoms with Gasteiger partial charge in [-0.25, -0.2) is 9.07 Å². The molecule has 0 radical (unpaired) electrons. The molecule has 2 aliphatic rings. The van der Waals surface area contributed by atoms with Gasteiger partial charge in [-0.15, -0.1) is 0 Å². The second kappa shape index (κ2) is 8.63. The number of nitrogens with zero attached hydrogens (tertiary/aromatic N) is 4. The highest BCUT2D eigenvalue weighted by atomic mass is 19.1. The van der Waals surface area contributed by atoms with Gasteiger partial charge in [0.1, 0.15) is 12.4 Å². The van der Waals surface area contributed by atoms with Crippen LogP contribution in [-0.4, -0.2) is 47.9 Å². The SMILES string of the molecule is O=C(Cn1ncc(N2CCCC2)cc1=O)NC1CCN(c2ccccc2F)CC1. The normalized spacial score (nSPS) is 17.6. The zero-order valence-corrected chi connectivity index (χ0v) is 16.4. The van der Waals surface area contributed by atoms with Crippen molar-refractivity contribution in [2.45, 2.75) is 38.3 Å². The summed E-state index contributed by atoms with van der Waals surface area (Å²) in [5.74, 6) is -0.448. The third kappa shape index (κ3) is 4.58.